The summed E-state index contributed by atoms with van der Waals surface area (Å²) in [6, 6.07) is 7.76. The molecule has 0 aliphatic heterocycles. The molecule has 0 aliphatic carbocycles. The van der Waals surface area contributed by atoms with Crippen LogP contribution in [0.2, 0.25) is 0 Å². The van der Waals surface area contributed by atoms with Gasteiger partial charge < -0.3 is 4.90 Å². The Hall–Kier alpha value is -3.74. The highest BCUT2D eigenvalue weighted by Crippen LogP contribution is 2.37. The molecule has 0 radical (unpaired) electrons. The Morgan fingerprint density at radius 1 is 1.00 bits per heavy atom. The van der Waals surface area contributed by atoms with Crippen molar-refractivity contribution in [1.29, 1.82) is 0 Å². The van der Waals surface area contributed by atoms with E-state index in [1.54, 1.807) is 17.5 Å². The van der Waals surface area contributed by atoms with Gasteiger partial charge in [-0.15, -0.1) is 10.2 Å². The van der Waals surface area contributed by atoms with E-state index in [9.17, 15) is 22.0 Å². The Kier molecular flexibility index (Phi) is 5.00. The summed E-state index contributed by atoms with van der Waals surface area (Å²) in [5, 5.41) is 8.14. The molecule has 0 unspecified atom stereocenters. The molecule has 0 atom stereocenters. The molecule has 0 saturated heterocycles. The third kappa shape index (κ3) is 3.82. The normalized spacial score (nSPS) is 12.1. The van der Waals surface area contributed by atoms with Crippen LogP contribution < -0.4 is 4.90 Å². The first kappa shape index (κ1) is 21.5. The lowest BCUT2D eigenvalue weighted by Crippen LogP contribution is -2.30. The Morgan fingerprint density at radius 3 is 2.47 bits per heavy atom. The van der Waals surface area contributed by atoms with E-state index in [0.717, 1.165) is 19.9 Å². The monoisotopic (exact) mass is 445 g/mol. The molecule has 2 aromatic carbocycles. The molecule has 4 rings (SSSR count). The smallest absolute Gasteiger partial charge is 0.329 e. The molecule has 0 bridgehead atoms. The number of alkyl halides is 3. The van der Waals surface area contributed by atoms with E-state index in [4.69, 9.17) is 0 Å². The molecule has 2 heterocycles. The number of aromatic nitrogens is 4. The second kappa shape index (κ2) is 7.44. The minimum absolute atomic E-state index is 0.0585. The molecule has 0 saturated carbocycles. The van der Waals surface area contributed by atoms with Crippen molar-refractivity contribution in [3.8, 4) is 11.8 Å². The van der Waals surface area contributed by atoms with Gasteiger partial charge in [0.1, 0.15) is 29.2 Å². The lowest BCUT2D eigenvalue weighted by molar-refractivity contribution is -0.190. The molecule has 0 N–H and O–H groups in total. The maximum Gasteiger partial charge on any atom is 0.404 e. The number of benzene rings is 2. The van der Waals surface area contributed by atoms with Crippen LogP contribution in [0.25, 0.3) is 16.7 Å². The number of rotatable bonds is 2. The van der Waals surface area contributed by atoms with Crippen LogP contribution in [0.15, 0.2) is 42.7 Å². The zero-order valence-electron chi connectivity index (χ0n) is 17.2. The van der Waals surface area contributed by atoms with E-state index in [0.29, 0.717) is 10.9 Å². The van der Waals surface area contributed by atoms with Crippen molar-refractivity contribution in [1.82, 2.24) is 19.6 Å². The van der Waals surface area contributed by atoms with Crippen molar-refractivity contribution in [3.63, 3.8) is 0 Å². The second-order valence-corrected chi connectivity index (χ2v) is 7.73. The molecule has 2 aromatic heterocycles. The molecule has 0 fully saturated rings. The van der Waals surface area contributed by atoms with Crippen LogP contribution in [-0.2, 0) is 0 Å². The number of hydrogen-bond acceptors (Lipinski definition) is 4. The zero-order chi connectivity index (χ0) is 23.3. The maximum atomic E-state index is 14.3. The van der Waals surface area contributed by atoms with Crippen molar-refractivity contribution in [3.05, 3.63) is 59.9 Å². The molecule has 0 aliphatic rings. The fourth-order valence-electron chi connectivity index (χ4n) is 3.04. The molecule has 164 valence electrons. The fourth-order valence-corrected chi connectivity index (χ4v) is 3.04. The Labute approximate surface area is 179 Å². The topological polar surface area (TPSA) is 46.3 Å². The van der Waals surface area contributed by atoms with Gasteiger partial charge in [0, 0.05) is 23.7 Å². The first-order chi connectivity index (χ1) is 15.0. The van der Waals surface area contributed by atoms with Crippen molar-refractivity contribution >= 4 is 28.2 Å². The number of hydrogen-bond donors (Lipinski definition) is 0. The quantitative estimate of drug-likeness (QED) is 0.312. The van der Waals surface area contributed by atoms with Crippen molar-refractivity contribution in [2.24, 2.45) is 5.41 Å². The maximum absolute atomic E-state index is 14.3. The minimum atomic E-state index is -4.53. The summed E-state index contributed by atoms with van der Waals surface area (Å²) in [6.07, 6.45) is -3.10. The van der Waals surface area contributed by atoms with E-state index in [2.05, 4.69) is 27.0 Å². The predicted octanol–water partition coefficient (Wildman–Crippen LogP) is 5.26. The molecule has 4 aromatic rings. The van der Waals surface area contributed by atoms with Crippen LogP contribution in [0.4, 0.5) is 33.5 Å². The highest BCUT2D eigenvalue weighted by Gasteiger charge is 2.46. The number of anilines is 2. The summed E-state index contributed by atoms with van der Waals surface area (Å²) in [6.45, 7) is 1.90. The van der Waals surface area contributed by atoms with Gasteiger partial charge in [-0.2, -0.15) is 18.2 Å². The first-order valence-electron chi connectivity index (χ1n) is 9.39. The highest BCUT2D eigenvalue weighted by atomic mass is 19.4. The van der Waals surface area contributed by atoms with Crippen LogP contribution >= 0.6 is 0 Å². The van der Waals surface area contributed by atoms with E-state index >= 15 is 0 Å². The summed E-state index contributed by atoms with van der Waals surface area (Å²) in [5.74, 6) is 3.88. The molecule has 0 spiro atoms. The number of nitrogens with zero attached hydrogens (tertiary/aromatic N) is 5. The molecular weight excluding hydrogens is 429 g/mol. The lowest BCUT2D eigenvalue weighted by Gasteiger charge is -2.22. The van der Waals surface area contributed by atoms with Gasteiger partial charge in [0.25, 0.3) is 5.78 Å². The van der Waals surface area contributed by atoms with Gasteiger partial charge in [-0.05, 0) is 50.2 Å². The first-order valence-corrected chi connectivity index (χ1v) is 9.39. The molecule has 32 heavy (non-hydrogen) atoms. The zero-order valence-corrected chi connectivity index (χ0v) is 17.2. The average molecular weight is 445 g/mol. The van der Waals surface area contributed by atoms with Crippen LogP contribution in [-0.4, -0.2) is 32.8 Å². The predicted molar refractivity (Wildman–Crippen MR) is 109 cm³/mol. The van der Waals surface area contributed by atoms with Crippen molar-refractivity contribution < 1.29 is 22.0 Å². The second-order valence-electron chi connectivity index (χ2n) is 7.73. The number of fused-ring (bicyclic) bond motifs is 3. The van der Waals surface area contributed by atoms with E-state index in [1.807, 2.05) is 0 Å². The average Bonchev–Trinajstić information content (AvgIpc) is 3.18. The number of halogens is 5. The van der Waals surface area contributed by atoms with E-state index in [1.165, 1.54) is 35.5 Å². The molecular formula is C22H16F5N5. The third-order valence-electron chi connectivity index (χ3n) is 5.01. The molecule has 10 heteroatoms. The van der Waals surface area contributed by atoms with Gasteiger partial charge in [-0.1, -0.05) is 11.8 Å². The largest absolute Gasteiger partial charge is 0.404 e. The van der Waals surface area contributed by atoms with Crippen molar-refractivity contribution in [2.75, 3.05) is 11.9 Å². The minimum Gasteiger partial charge on any atom is -0.329 e. The van der Waals surface area contributed by atoms with Crippen LogP contribution in [0.3, 0.4) is 0 Å². The lowest BCUT2D eigenvalue weighted by atomic mass is 9.93. The van der Waals surface area contributed by atoms with Gasteiger partial charge in [0.2, 0.25) is 0 Å². The van der Waals surface area contributed by atoms with E-state index < -0.39 is 23.2 Å². The van der Waals surface area contributed by atoms with Gasteiger partial charge >= 0.3 is 6.18 Å². The van der Waals surface area contributed by atoms with Gasteiger partial charge in [-0.25, -0.2) is 8.78 Å². The molecule has 0 amide bonds. The summed E-state index contributed by atoms with van der Waals surface area (Å²) in [5.41, 5.74) is -1.37. The Morgan fingerprint density at radius 2 is 1.75 bits per heavy atom. The van der Waals surface area contributed by atoms with E-state index in [-0.39, 0.29) is 22.8 Å². The molecule has 5 nitrogen and oxygen atoms in total. The third-order valence-corrected chi connectivity index (χ3v) is 5.01. The van der Waals surface area contributed by atoms with Crippen LogP contribution in [0, 0.1) is 28.9 Å². The Balaban J connectivity index is 1.83. The standard InChI is InChI=1S/C22H16F5N5/c1-21(2,22(25,26)27)7-6-13-8-15(24)10-16(9-13)31(3)19-17-11-14(23)4-5-18(17)32-12-28-30-20(32)29-19/h4-5,8-12H,1-3H3. The SMILES string of the molecule is CN(c1cc(F)cc(C#CC(C)(C)C(F)(F)F)c1)c1nc2nncn2c2ccc(F)cc12. The summed E-state index contributed by atoms with van der Waals surface area (Å²) >= 11 is 0. The summed E-state index contributed by atoms with van der Waals surface area (Å²) in [7, 11) is 1.57. The van der Waals surface area contributed by atoms with Gasteiger partial charge in [0.15, 0.2) is 0 Å². The van der Waals surface area contributed by atoms with Crippen molar-refractivity contribution in [2.45, 2.75) is 20.0 Å². The van der Waals surface area contributed by atoms with Gasteiger partial charge in [-0.3, -0.25) is 4.40 Å². The van der Waals surface area contributed by atoms with Crippen LogP contribution in [0.1, 0.15) is 19.4 Å². The Bertz CT molecular complexity index is 1400. The van der Waals surface area contributed by atoms with Crippen LogP contribution in [0.5, 0.6) is 0 Å². The summed E-state index contributed by atoms with van der Waals surface area (Å²) in [4.78, 5) is 5.88. The fraction of sp³-hybridized carbons (Fsp3) is 0.227. The highest BCUT2D eigenvalue weighted by molar-refractivity contribution is 5.93. The summed E-state index contributed by atoms with van der Waals surface area (Å²) < 4.78 is 69.1. The van der Waals surface area contributed by atoms with Gasteiger partial charge in [0.05, 0.1) is 5.52 Å².